The van der Waals surface area contributed by atoms with Gasteiger partial charge < -0.3 is 9.64 Å². The molecule has 0 unspecified atom stereocenters. The highest BCUT2D eigenvalue weighted by Crippen LogP contribution is 2.18. The molecule has 2 aromatic rings. The number of rotatable bonds is 4. The molecule has 5 heteroatoms. The summed E-state index contributed by atoms with van der Waals surface area (Å²) in [5.41, 5.74) is 1.12. The maximum Gasteiger partial charge on any atom is 0.253 e. The van der Waals surface area contributed by atoms with Crippen molar-refractivity contribution < 1.29 is 18.3 Å². The number of benzene rings is 2. The number of hydrogen-bond acceptors (Lipinski definition) is 2. The van der Waals surface area contributed by atoms with Gasteiger partial charge in [-0.05, 0) is 42.7 Å². The first-order chi connectivity index (χ1) is 11.6. The van der Waals surface area contributed by atoms with Gasteiger partial charge in [0.15, 0.2) is 0 Å². The van der Waals surface area contributed by atoms with E-state index in [0.717, 1.165) is 18.9 Å². The summed E-state index contributed by atoms with van der Waals surface area (Å²) in [6, 6.07) is 12.5. The van der Waals surface area contributed by atoms with Crippen LogP contribution in [0.2, 0.25) is 0 Å². The lowest BCUT2D eigenvalue weighted by Gasteiger charge is -2.32. The van der Waals surface area contributed by atoms with Gasteiger partial charge in [0.05, 0.1) is 12.7 Å². The van der Waals surface area contributed by atoms with E-state index < -0.39 is 11.6 Å². The Morgan fingerprint density at radius 3 is 2.54 bits per heavy atom. The topological polar surface area (TPSA) is 29.5 Å². The predicted molar refractivity (Wildman–Crippen MR) is 86.5 cm³/mol. The lowest BCUT2D eigenvalue weighted by molar-refractivity contribution is -0.00686. The van der Waals surface area contributed by atoms with E-state index in [2.05, 4.69) is 0 Å². The number of piperidine rings is 1. The Balaban J connectivity index is 1.58. The molecule has 1 saturated heterocycles. The number of carbonyl (C=O) groups is 1. The minimum Gasteiger partial charge on any atom is -0.372 e. The van der Waals surface area contributed by atoms with Crippen molar-refractivity contribution in [2.45, 2.75) is 25.6 Å². The molecule has 0 saturated carbocycles. The van der Waals surface area contributed by atoms with Crippen molar-refractivity contribution in [3.8, 4) is 0 Å². The smallest absolute Gasteiger partial charge is 0.253 e. The zero-order valence-electron chi connectivity index (χ0n) is 13.3. The van der Waals surface area contributed by atoms with E-state index in [0.29, 0.717) is 24.2 Å². The van der Waals surface area contributed by atoms with Crippen molar-refractivity contribution >= 4 is 5.91 Å². The summed E-state index contributed by atoms with van der Waals surface area (Å²) in [5.74, 6) is -1.24. The molecule has 0 bridgehead atoms. The maximum absolute atomic E-state index is 13.2. The third-order valence-electron chi connectivity index (χ3n) is 4.09. The summed E-state index contributed by atoms with van der Waals surface area (Å²) >= 11 is 0. The van der Waals surface area contributed by atoms with Crippen molar-refractivity contribution in [3.63, 3.8) is 0 Å². The number of halogens is 2. The van der Waals surface area contributed by atoms with E-state index in [4.69, 9.17) is 4.74 Å². The minimum atomic E-state index is -0.613. The van der Waals surface area contributed by atoms with Crippen LogP contribution in [-0.4, -0.2) is 30.0 Å². The molecule has 0 aromatic heterocycles. The lowest BCUT2D eigenvalue weighted by Crippen LogP contribution is -2.43. The summed E-state index contributed by atoms with van der Waals surface area (Å²) in [7, 11) is 0. The van der Waals surface area contributed by atoms with Gasteiger partial charge in [0, 0.05) is 24.7 Å². The van der Waals surface area contributed by atoms with E-state index in [1.54, 1.807) is 17.0 Å². The molecule has 1 heterocycles. The van der Waals surface area contributed by atoms with Crippen LogP contribution in [0.25, 0.3) is 0 Å². The standard InChI is InChI=1S/C19H19F2NO2/c20-16-9-14(10-17(21)11-16)13-24-18-7-4-8-22(12-18)19(23)15-5-2-1-3-6-15/h1-3,5-6,9-11,18H,4,7-8,12-13H2/t18-/m0/s1. The van der Waals surface area contributed by atoms with Crippen LogP contribution < -0.4 is 0 Å². The third-order valence-corrected chi connectivity index (χ3v) is 4.09. The van der Waals surface area contributed by atoms with Gasteiger partial charge in [-0.25, -0.2) is 8.78 Å². The third kappa shape index (κ3) is 4.17. The lowest BCUT2D eigenvalue weighted by atomic mass is 10.1. The quantitative estimate of drug-likeness (QED) is 0.853. The second-order valence-electron chi connectivity index (χ2n) is 5.97. The van der Waals surface area contributed by atoms with Gasteiger partial charge in [0.2, 0.25) is 0 Å². The molecule has 3 rings (SSSR count). The van der Waals surface area contributed by atoms with E-state index in [1.807, 2.05) is 18.2 Å². The number of carbonyl (C=O) groups excluding carboxylic acids is 1. The molecule has 0 radical (unpaired) electrons. The molecule has 126 valence electrons. The molecule has 3 nitrogen and oxygen atoms in total. The largest absolute Gasteiger partial charge is 0.372 e. The Bertz CT molecular complexity index is 686. The number of likely N-dealkylation sites (tertiary alicyclic amines) is 1. The average molecular weight is 331 g/mol. The highest BCUT2D eigenvalue weighted by atomic mass is 19.1. The summed E-state index contributed by atoms with van der Waals surface area (Å²) in [5, 5.41) is 0. The molecule has 1 atom stereocenters. The van der Waals surface area contributed by atoms with Crippen molar-refractivity contribution in [1.82, 2.24) is 4.90 Å². The number of hydrogen-bond donors (Lipinski definition) is 0. The summed E-state index contributed by atoms with van der Waals surface area (Å²) in [6.45, 7) is 1.32. The van der Waals surface area contributed by atoms with Crippen LogP contribution in [-0.2, 0) is 11.3 Å². The molecule has 1 aliphatic rings. The van der Waals surface area contributed by atoms with Crippen LogP contribution in [0.4, 0.5) is 8.78 Å². The zero-order chi connectivity index (χ0) is 16.9. The van der Waals surface area contributed by atoms with Crippen LogP contribution in [0, 0.1) is 11.6 Å². The fourth-order valence-corrected chi connectivity index (χ4v) is 2.93. The molecule has 0 spiro atoms. The van der Waals surface area contributed by atoms with Crippen LogP contribution in [0.15, 0.2) is 48.5 Å². The molecule has 1 amide bonds. The van der Waals surface area contributed by atoms with Crippen LogP contribution >= 0.6 is 0 Å². The fourth-order valence-electron chi connectivity index (χ4n) is 2.93. The van der Waals surface area contributed by atoms with Crippen molar-refractivity contribution in [1.29, 1.82) is 0 Å². The predicted octanol–water partition coefficient (Wildman–Crippen LogP) is 3.79. The SMILES string of the molecule is O=C(c1ccccc1)N1CCC[C@H](OCc2cc(F)cc(F)c2)C1. The minimum absolute atomic E-state index is 0.0132. The molecule has 0 aliphatic carbocycles. The van der Waals surface area contributed by atoms with E-state index >= 15 is 0 Å². The second-order valence-corrected chi connectivity index (χ2v) is 5.97. The Morgan fingerprint density at radius 1 is 1.12 bits per heavy atom. The highest BCUT2D eigenvalue weighted by molar-refractivity contribution is 5.94. The Hall–Kier alpha value is -2.27. The van der Waals surface area contributed by atoms with Crippen LogP contribution in [0.1, 0.15) is 28.8 Å². The van der Waals surface area contributed by atoms with Crippen molar-refractivity contribution in [3.05, 3.63) is 71.3 Å². The first-order valence-corrected chi connectivity index (χ1v) is 8.03. The van der Waals surface area contributed by atoms with Gasteiger partial charge in [-0.15, -0.1) is 0 Å². The summed E-state index contributed by atoms with van der Waals surface area (Å²) in [4.78, 5) is 14.3. The number of ether oxygens (including phenoxy) is 1. The Labute approximate surface area is 139 Å². The number of amides is 1. The highest BCUT2D eigenvalue weighted by Gasteiger charge is 2.24. The van der Waals surface area contributed by atoms with E-state index in [1.165, 1.54) is 12.1 Å². The zero-order valence-corrected chi connectivity index (χ0v) is 13.3. The Morgan fingerprint density at radius 2 is 1.83 bits per heavy atom. The second kappa shape index (κ2) is 7.53. The fraction of sp³-hybridized carbons (Fsp3) is 0.316. The summed E-state index contributed by atoms with van der Waals surface area (Å²) < 4.78 is 32.2. The number of nitrogens with zero attached hydrogens (tertiary/aromatic N) is 1. The molecule has 1 aliphatic heterocycles. The first-order valence-electron chi connectivity index (χ1n) is 8.03. The van der Waals surface area contributed by atoms with Crippen LogP contribution in [0.5, 0.6) is 0 Å². The van der Waals surface area contributed by atoms with Gasteiger partial charge in [0.25, 0.3) is 5.91 Å². The van der Waals surface area contributed by atoms with Gasteiger partial charge in [-0.1, -0.05) is 18.2 Å². The molecule has 1 fully saturated rings. The van der Waals surface area contributed by atoms with Gasteiger partial charge in [-0.2, -0.15) is 0 Å². The Kier molecular flexibility index (Phi) is 5.20. The van der Waals surface area contributed by atoms with Gasteiger partial charge in [0.1, 0.15) is 11.6 Å². The molecule has 2 aromatic carbocycles. The normalized spacial score (nSPS) is 17.8. The first kappa shape index (κ1) is 16.6. The van der Waals surface area contributed by atoms with Gasteiger partial charge in [-0.3, -0.25) is 4.79 Å². The van der Waals surface area contributed by atoms with E-state index in [9.17, 15) is 13.6 Å². The molecular weight excluding hydrogens is 312 g/mol. The average Bonchev–Trinajstić information content (AvgIpc) is 2.59. The molecule has 0 N–H and O–H groups in total. The van der Waals surface area contributed by atoms with Gasteiger partial charge >= 0.3 is 0 Å². The monoisotopic (exact) mass is 331 g/mol. The molecular formula is C19H19F2NO2. The summed E-state index contributed by atoms with van der Waals surface area (Å²) in [6.07, 6.45) is 1.55. The van der Waals surface area contributed by atoms with Crippen molar-refractivity contribution in [2.75, 3.05) is 13.1 Å². The van der Waals surface area contributed by atoms with Crippen LogP contribution in [0.3, 0.4) is 0 Å². The van der Waals surface area contributed by atoms with Crippen molar-refractivity contribution in [2.24, 2.45) is 0 Å². The molecule has 24 heavy (non-hydrogen) atoms. The van der Waals surface area contributed by atoms with E-state index in [-0.39, 0.29) is 18.6 Å². The maximum atomic E-state index is 13.2.